The van der Waals surface area contributed by atoms with E-state index >= 15 is 0 Å². The maximum atomic E-state index is 13.3. The molecule has 0 saturated carbocycles. The van der Waals surface area contributed by atoms with Gasteiger partial charge in [-0.05, 0) is 31.5 Å². The highest BCUT2D eigenvalue weighted by Crippen LogP contribution is 2.30. The molecule has 8 heteroatoms. The number of benzene rings is 1. The van der Waals surface area contributed by atoms with Gasteiger partial charge in [0.15, 0.2) is 0 Å². The Morgan fingerprint density at radius 1 is 1.29 bits per heavy atom. The molecule has 0 aliphatic carbocycles. The van der Waals surface area contributed by atoms with Gasteiger partial charge in [0.1, 0.15) is 5.69 Å². The molecule has 1 saturated heterocycles. The summed E-state index contributed by atoms with van der Waals surface area (Å²) in [4.78, 5) is 15.1. The van der Waals surface area contributed by atoms with E-state index in [0.29, 0.717) is 23.8 Å². The number of rotatable bonds is 3. The predicted molar refractivity (Wildman–Crippen MR) is 108 cm³/mol. The number of aromatic nitrogens is 4. The van der Waals surface area contributed by atoms with Crippen molar-refractivity contribution in [2.45, 2.75) is 19.9 Å². The van der Waals surface area contributed by atoms with Gasteiger partial charge in [0, 0.05) is 43.0 Å². The molecule has 1 aliphatic rings. The molecule has 0 spiro atoms. The van der Waals surface area contributed by atoms with E-state index in [2.05, 4.69) is 20.6 Å². The Hall–Kier alpha value is -2.64. The fraction of sp³-hybridized carbons (Fsp3) is 0.350. The number of carbonyl (C=O) groups is 1. The third-order valence-electron chi connectivity index (χ3n) is 5.34. The first-order chi connectivity index (χ1) is 13.5. The van der Waals surface area contributed by atoms with Gasteiger partial charge < -0.3 is 10.2 Å². The van der Waals surface area contributed by atoms with Crippen LogP contribution in [-0.4, -0.2) is 50.4 Å². The van der Waals surface area contributed by atoms with Gasteiger partial charge in [-0.1, -0.05) is 29.8 Å². The quantitative estimate of drug-likeness (QED) is 0.711. The summed E-state index contributed by atoms with van der Waals surface area (Å²) in [7, 11) is 1.90. The summed E-state index contributed by atoms with van der Waals surface area (Å²) >= 11 is 6.40. The van der Waals surface area contributed by atoms with Crippen LogP contribution in [0.4, 0.5) is 0 Å². The van der Waals surface area contributed by atoms with Crippen LogP contribution >= 0.6 is 11.6 Å². The van der Waals surface area contributed by atoms with Crippen molar-refractivity contribution in [3.8, 4) is 11.3 Å². The molecule has 1 unspecified atom stereocenters. The van der Waals surface area contributed by atoms with Gasteiger partial charge in [0.05, 0.1) is 17.4 Å². The van der Waals surface area contributed by atoms with Gasteiger partial charge in [-0.15, -0.1) is 0 Å². The summed E-state index contributed by atoms with van der Waals surface area (Å²) in [5, 5.41) is 15.8. The van der Waals surface area contributed by atoms with Gasteiger partial charge in [-0.25, -0.2) is 0 Å². The lowest BCUT2D eigenvalue weighted by Gasteiger charge is -2.36. The summed E-state index contributed by atoms with van der Waals surface area (Å²) in [5.41, 5.74) is 5.01. The Morgan fingerprint density at radius 2 is 2.07 bits per heavy atom. The zero-order valence-electron chi connectivity index (χ0n) is 16.2. The first-order valence-corrected chi connectivity index (χ1v) is 9.67. The Balaban J connectivity index is 1.65. The second-order valence-corrected chi connectivity index (χ2v) is 7.48. The standard InChI is InChI=1S/C20H23ClN6O/c1-12-19(13(2)26(3)25-12)16-10-17(24-23-16)20(28)27-9-8-22-11-18(27)14-6-4-5-7-15(14)21/h4-7,10,18,22H,8-9,11H2,1-3H3,(H,23,24). The average Bonchev–Trinajstić information content (AvgIpc) is 3.26. The van der Waals surface area contributed by atoms with Crippen LogP contribution in [0, 0.1) is 13.8 Å². The zero-order valence-corrected chi connectivity index (χ0v) is 16.9. The van der Waals surface area contributed by atoms with Crippen LogP contribution in [-0.2, 0) is 7.05 Å². The van der Waals surface area contributed by atoms with Gasteiger partial charge in [0.2, 0.25) is 0 Å². The van der Waals surface area contributed by atoms with Crippen molar-refractivity contribution in [2.24, 2.45) is 7.05 Å². The minimum absolute atomic E-state index is 0.0793. The molecular weight excluding hydrogens is 376 g/mol. The van der Waals surface area contributed by atoms with E-state index < -0.39 is 0 Å². The van der Waals surface area contributed by atoms with E-state index in [-0.39, 0.29) is 11.9 Å². The van der Waals surface area contributed by atoms with E-state index in [9.17, 15) is 4.79 Å². The van der Waals surface area contributed by atoms with Crippen LogP contribution in [0.3, 0.4) is 0 Å². The number of nitrogens with zero attached hydrogens (tertiary/aromatic N) is 4. The number of amides is 1. The van der Waals surface area contributed by atoms with Crippen LogP contribution in [0.1, 0.15) is 33.5 Å². The van der Waals surface area contributed by atoms with E-state index in [1.54, 1.807) is 0 Å². The molecule has 1 fully saturated rings. The lowest BCUT2D eigenvalue weighted by atomic mass is 10.0. The predicted octanol–water partition coefficient (Wildman–Crippen LogP) is 2.87. The highest BCUT2D eigenvalue weighted by atomic mass is 35.5. The third-order valence-corrected chi connectivity index (χ3v) is 5.69. The highest BCUT2D eigenvalue weighted by molar-refractivity contribution is 6.31. The van der Waals surface area contributed by atoms with Crippen molar-refractivity contribution in [3.05, 3.63) is 58.0 Å². The summed E-state index contributed by atoms with van der Waals surface area (Å²) in [5.74, 6) is -0.0793. The molecule has 4 rings (SSSR count). The summed E-state index contributed by atoms with van der Waals surface area (Å²) in [6, 6.07) is 9.36. The number of nitrogens with one attached hydrogen (secondary N) is 2. The summed E-state index contributed by atoms with van der Waals surface area (Å²) < 4.78 is 1.82. The van der Waals surface area contributed by atoms with Crippen molar-refractivity contribution in [1.29, 1.82) is 0 Å². The number of hydrogen-bond acceptors (Lipinski definition) is 4. The zero-order chi connectivity index (χ0) is 19.8. The molecular formula is C20H23ClN6O. The van der Waals surface area contributed by atoms with Gasteiger partial charge in [0.25, 0.3) is 5.91 Å². The molecule has 0 bridgehead atoms. The van der Waals surface area contributed by atoms with E-state index in [0.717, 1.165) is 34.8 Å². The lowest BCUT2D eigenvalue weighted by Crippen LogP contribution is -2.48. The number of hydrogen-bond donors (Lipinski definition) is 2. The topological polar surface area (TPSA) is 78.8 Å². The molecule has 1 atom stereocenters. The Kier molecular flexibility index (Phi) is 4.95. The number of piperazine rings is 1. The monoisotopic (exact) mass is 398 g/mol. The van der Waals surface area contributed by atoms with Gasteiger partial charge in [-0.3, -0.25) is 14.6 Å². The molecule has 28 heavy (non-hydrogen) atoms. The normalized spacial score (nSPS) is 17.1. The van der Waals surface area contributed by atoms with Crippen molar-refractivity contribution in [2.75, 3.05) is 19.6 Å². The Labute approximate surface area is 168 Å². The van der Waals surface area contributed by atoms with E-state index in [4.69, 9.17) is 11.6 Å². The largest absolute Gasteiger partial charge is 0.328 e. The minimum Gasteiger partial charge on any atom is -0.328 e. The number of carbonyl (C=O) groups excluding carboxylic acids is 1. The first-order valence-electron chi connectivity index (χ1n) is 9.29. The molecule has 1 aromatic carbocycles. The maximum absolute atomic E-state index is 13.3. The van der Waals surface area contributed by atoms with Crippen LogP contribution in [0.5, 0.6) is 0 Å². The number of H-pyrrole nitrogens is 1. The average molecular weight is 399 g/mol. The molecule has 0 radical (unpaired) electrons. The van der Waals surface area contributed by atoms with Crippen molar-refractivity contribution >= 4 is 17.5 Å². The molecule has 2 aromatic heterocycles. The summed E-state index contributed by atoms with van der Waals surface area (Å²) in [6.07, 6.45) is 0. The minimum atomic E-state index is -0.122. The molecule has 1 amide bonds. The number of aromatic amines is 1. The van der Waals surface area contributed by atoms with Crippen molar-refractivity contribution < 1.29 is 4.79 Å². The Morgan fingerprint density at radius 3 is 2.79 bits per heavy atom. The van der Waals surface area contributed by atoms with E-state index in [1.165, 1.54) is 0 Å². The SMILES string of the molecule is Cc1nn(C)c(C)c1-c1cc(C(=O)N2CCNCC2c2ccccc2Cl)[nH]n1. The molecule has 3 heterocycles. The van der Waals surface area contributed by atoms with Gasteiger partial charge >= 0.3 is 0 Å². The number of halogens is 1. The molecule has 146 valence electrons. The molecule has 3 aromatic rings. The smallest absolute Gasteiger partial charge is 0.272 e. The van der Waals surface area contributed by atoms with Gasteiger partial charge in [-0.2, -0.15) is 10.2 Å². The van der Waals surface area contributed by atoms with Crippen LogP contribution in [0.25, 0.3) is 11.3 Å². The fourth-order valence-corrected chi connectivity index (χ4v) is 4.09. The Bertz CT molecular complexity index is 1020. The lowest BCUT2D eigenvalue weighted by molar-refractivity contribution is 0.0628. The van der Waals surface area contributed by atoms with Crippen molar-refractivity contribution in [1.82, 2.24) is 30.2 Å². The first kappa shape index (κ1) is 18.7. The molecule has 2 N–H and O–H groups in total. The highest BCUT2D eigenvalue weighted by Gasteiger charge is 2.31. The fourth-order valence-electron chi connectivity index (χ4n) is 3.83. The van der Waals surface area contributed by atoms with Crippen molar-refractivity contribution in [3.63, 3.8) is 0 Å². The summed E-state index contributed by atoms with van der Waals surface area (Å²) in [6.45, 7) is 5.96. The van der Waals surface area contributed by atoms with E-state index in [1.807, 2.05) is 60.8 Å². The second-order valence-electron chi connectivity index (χ2n) is 7.08. The van der Waals surface area contributed by atoms with Crippen LogP contribution in [0.15, 0.2) is 30.3 Å². The third kappa shape index (κ3) is 3.21. The maximum Gasteiger partial charge on any atom is 0.272 e. The van der Waals surface area contributed by atoms with Crippen LogP contribution in [0.2, 0.25) is 5.02 Å². The second kappa shape index (κ2) is 7.41. The molecule has 7 nitrogen and oxygen atoms in total. The molecule has 1 aliphatic heterocycles. The van der Waals surface area contributed by atoms with Crippen LogP contribution < -0.4 is 5.32 Å². The number of aryl methyl sites for hydroxylation is 2.